The lowest BCUT2D eigenvalue weighted by Crippen LogP contribution is -2.42. The van der Waals surface area contributed by atoms with Crippen LogP contribution in [0.4, 0.5) is 11.8 Å². The van der Waals surface area contributed by atoms with Crippen LogP contribution in [0.15, 0.2) is 48.8 Å². The van der Waals surface area contributed by atoms with E-state index in [2.05, 4.69) is 53.8 Å². The fourth-order valence-corrected chi connectivity index (χ4v) is 3.69. The summed E-state index contributed by atoms with van der Waals surface area (Å²) in [6, 6.07) is 12.3. The Kier molecular flexibility index (Phi) is 4.71. The zero-order valence-corrected chi connectivity index (χ0v) is 16.4. The van der Waals surface area contributed by atoms with Gasteiger partial charge in [-0.1, -0.05) is 6.07 Å². The van der Waals surface area contributed by atoms with Gasteiger partial charge in [-0.3, -0.25) is 9.58 Å². The van der Waals surface area contributed by atoms with Gasteiger partial charge < -0.3 is 15.6 Å². The van der Waals surface area contributed by atoms with Crippen molar-refractivity contribution in [2.75, 3.05) is 31.5 Å². The van der Waals surface area contributed by atoms with Crippen LogP contribution >= 0.6 is 0 Å². The van der Waals surface area contributed by atoms with Gasteiger partial charge in [0, 0.05) is 57.7 Å². The number of pyridine rings is 1. The molecular formula is C21H24N8. The Hall–Kier alpha value is -3.23. The van der Waals surface area contributed by atoms with Gasteiger partial charge in [0.05, 0.1) is 16.7 Å². The molecule has 3 N–H and O–H groups in total. The molecule has 1 aliphatic rings. The number of rotatable bonds is 5. The number of aromatic amines is 1. The largest absolute Gasteiger partial charge is 0.324 e. The minimum absolute atomic E-state index is 0.685. The van der Waals surface area contributed by atoms with Crippen LogP contribution in [0.2, 0.25) is 0 Å². The fourth-order valence-electron chi connectivity index (χ4n) is 3.69. The number of hydrogen-bond acceptors (Lipinski definition) is 6. The van der Waals surface area contributed by atoms with E-state index in [1.807, 2.05) is 37.6 Å². The normalized spacial score (nSPS) is 15.1. The highest BCUT2D eigenvalue weighted by Gasteiger charge is 2.11. The fraction of sp³-hybridized carbons (Fsp3) is 0.286. The number of imidazole rings is 1. The molecule has 0 aliphatic carbocycles. The van der Waals surface area contributed by atoms with Crippen molar-refractivity contribution < 1.29 is 0 Å². The molecule has 8 nitrogen and oxygen atoms in total. The Bertz CT molecular complexity index is 1120. The second-order valence-corrected chi connectivity index (χ2v) is 7.39. The molecule has 0 bridgehead atoms. The van der Waals surface area contributed by atoms with Crippen LogP contribution in [-0.2, 0) is 13.6 Å². The average molecular weight is 388 g/mol. The first-order chi connectivity index (χ1) is 14.2. The van der Waals surface area contributed by atoms with Crippen molar-refractivity contribution >= 4 is 22.8 Å². The average Bonchev–Trinajstić information content (AvgIpc) is 3.34. The topological polar surface area (TPSA) is 86.7 Å². The highest BCUT2D eigenvalue weighted by molar-refractivity contribution is 5.83. The second-order valence-electron chi connectivity index (χ2n) is 7.39. The van der Waals surface area contributed by atoms with Gasteiger partial charge in [0.15, 0.2) is 0 Å². The summed E-state index contributed by atoms with van der Waals surface area (Å²) in [4.78, 5) is 14.9. The van der Waals surface area contributed by atoms with Gasteiger partial charge in [-0.2, -0.15) is 5.10 Å². The molecule has 0 spiro atoms. The second kappa shape index (κ2) is 7.65. The van der Waals surface area contributed by atoms with Crippen molar-refractivity contribution in [2.45, 2.75) is 6.54 Å². The van der Waals surface area contributed by atoms with Crippen molar-refractivity contribution in [1.29, 1.82) is 0 Å². The van der Waals surface area contributed by atoms with E-state index in [4.69, 9.17) is 0 Å². The third kappa shape index (κ3) is 3.98. The molecule has 8 heteroatoms. The maximum absolute atomic E-state index is 4.64. The van der Waals surface area contributed by atoms with E-state index in [9.17, 15) is 0 Å². The Balaban J connectivity index is 1.34. The molecule has 4 aromatic rings. The molecule has 29 heavy (non-hydrogen) atoms. The molecule has 5 rings (SSSR count). The monoisotopic (exact) mass is 388 g/mol. The van der Waals surface area contributed by atoms with Gasteiger partial charge in [-0.05, 0) is 35.9 Å². The van der Waals surface area contributed by atoms with E-state index < -0.39 is 0 Å². The predicted octanol–water partition coefficient (Wildman–Crippen LogP) is 2.51. The zero-order valence-electron chi connectivity index (χ0n) is 16.4. The molecule has 0 unspecified atom stereocenters. The summed E-state index contributed by atoms with van der Waals surface area (Å²) in [5, 5.41) is 11.2. The van der Waals surface area contributed by atoms with Gasteiger partial charge in [0.1, 0.15) is 5.82 Å². The van der Waals surface area contributed by atoms with Crippen molar-refractivity contribution in [1.82, 2.24) is 34.9 Å². The van der Waals surface area contributed by atoms with Gasteiger partial charge in [0.25, 0.3) is 0 Å². The summed E-state index contributed by atoms with van der Waals surface area (Å²) in [5.74, 6) is 1.48. The highest BCUT2D eigenvalue weighted by Crippen LogP contribution is 2.24. The summed E-state index contributed by atoms with van der Waals surface area (Å²) in [6.45, 7) is 5.19. The summed E-state index contributed by atoms with van der Waals surface area (Å²) < 4.78 is 1.80. The first-order valence-electron chi connectivity index (χ1n) is 9.88. The molecule has 0 saturated carbocycles. The van der Waals surface area contributed by atoms with Gasteiger partial charge >= 0.3 is 0 Å². The van der Waals surface area contributed by atoms with E-state index in [-0.39, 0.29) is 0 Å². The highest BCUT2D eigenvalue weighted by atomic mass is 15.2. The maximum Gasteiger partial charge on any atom is 0.206 e. The number of nitrogens with zero attached hydrogens (tertiary/aromatic N) is 5. The van der Waals surface area contributed by atoms with E-state index in [0.29, 0.717) is 5.95 Å². The standard InChI is InChI=1S/C21H24N8/c1-28-9-5-17(27-28)16-2-3-18-19(13-16)25-21(24-18)26-20-12-15(4-6-23-20)14-29-10-7-22-8-11-29/h2-6,9,12-13,22H,7-8,10-11,14H2,1H3,(H2,23,24,25,26). The summed E-state index contributed by atoms with van der Waals surface area (Å²) >= 11 is 0. The summed E-state index contributed by atoms with van der Waals surface area (Å²) in [6.07, 6.45) is 3.79. The van der Waals surface area contributed by atoms with Crippen molar-refractivity contribution in [3.05, 3.63) is 54.4 Å². The molecule has 0 atom stereocenters. The quantitative estimate of drug-likeness (QED) is 0.487. The van der Waals surface area contributed by atoms with Crippen LogP contribution in [-0.4, -0.2) is 55.8 Å². The lowest BCUT2D eigenvalue weighted by atomic mass is 10.1. The number of hydrogen-bond donors (Lipinski definition) is 3. The zero-order chi connectivity index (χ0) is 19.6. The number of benzene rings is 1. The molecule has 3 aromatic heterocycles. The third-order valence-electron chi connectivity index (χ3n) is 5.18. The van der Waals surface area contributed by atoms with Gasteiger partial charge in [0.2, 0.25) is 5.95 Å². The van der Waals surface area contributed by atoms with E-state index in [1.54, 1.807) is 4.68 Å². The SMILES string of the molecule is Cn1ccc(-c2ccc3nc(Nc4cc(CN5CCNCC5)ccn4)[nH]c3c2)n1. The molecule has 1 aliphatic heterocycles. The van der Waals surface area contributed by atoms with Crippen molar-refractivity contribution in [3.8, 4) is 11.3 Å². The molecule has 1 saturated heterocycles. The van der Waals surface area contributed by atoms with Crippen molar-refractivity contribution in [2.24, 2.45) is 7.05 Å². The lowest BCUT2D eigenvalue weighted by molar-refractivity contribution is 0.233. The van der Waals surface area contributed by atoms with Crippen LogP contribution in [0, 0.1) is 0 Å². The smallest absolute Gasteiger partial charge is 0.206 e. The molecule has 1 fully saturated rings. The Morgan fingerprint density at radius 3 is 2.83 bits per heavy atom. The molecule has 0 radical (unpaired) electrons. The van der Waals surface area contributed by atoms with E-state index in [0.717, 1.165) is 60.8 Å². The van der Waals surface area contributed by atoms with Crippen LogP contribution in [0.1, 0.15) is 5.56 Å². The molecule has 4 heterocycles. The minimum Gasteiger partial charge on any atom is -0.324 e. The first-order valence-corrected chi connectivity index (χ1v) is 9.88. The van der Waals surface area contributed by atoms with Crippen LogP contribution in [0.25, 0.3) is 22.3 Å². The number of aryl methyl sites for hydroxylation is 1. The first kappa shape index (κ1) is 17.8. The number of piperazine rings is 1. The number of fused-ring (bicyclic) bond motifs is 1. The summed E-state index contributed by atoms with van der Waals surface area (Å²) in [7, 11) is 1.92. The third-order valence-corrected chi connectivity index (χ3v) is 5.18. The number of H-pyrrole nitrogens is 1. The van der Waals surface area contributed by atoms with Crippen LogP contribution < -0.4 is 10.6 Å². The van der Waals surface area contributed by atoms with Crippen LogP contribution in [0.3, 0.4) is 0 Å². The van der Waals surface area contributed by atoms with Gasteiger partial charge in [-0.15, -0.1) is 0 Å². The molecule has 1 aromatic carbocycles. The minimum atomic E-state index is 0.685. The Morgan fingerprint density at radius 1 is 1.10 bits per heavy atom. The summed E-state index contributed by atoms with van der Waals surface area (Å²) in [5.41, 5.74) is 5.12. The lowest BCUT2D eigenvalue weighted by Gasteiger charge is -2.27. The van der Waals surface area contributed by atoms with Gasteiger partial charge in [-0.25, -0.2) is 9.97 Å². The number of aromatic nitrogens is 5. The molecule has 0 amide bonds. The number of anilines is 2. The van der Waals surface area contributed by atoms with E-state index in [1.165, 1.54) is 5.56 Å². The maximum atomic E-state index is 4.64. The Labute approximate surface area is 169 Å². The molecular weight excluding hydrogens is 364 g/mol. The molecule has 148 valence electrons. The predicted molar refractivity (Wildman–Crippen MR) is 114 cm³/mol. The van der Waals surface area contributed by atoms with Crippen molar-refractivity contribution in [3.63, 3.8) is 0 Å². The van der Waals surface area contributed by atoms with Crippen LogP contribution in [0.5, 0.6) is 0 Å². The Morgan fingerprint density at radius 2 is 2.00 bits per heavy atom. The van der Waals surface area contributed by atoms with E-state index >= 15 is 0 Å². The number of nitrogens with one attached hydrogen (secondary N) is 3.